The quantitative estimate of drug-likeness (QED) is 0.821. The number of hydrogen-bond acceptors (Lipinski definition) is 5. The summed E-state index contributed by atoms with van der Waals surface area (Å²) in [4.78, 5) is 11.1. The number of nitrogens with zero attached hydrogens (tertiary/aromatic N) is 3. The number of aryl methyl sites for hydroxylation is 1. The SMILES string of the molecule is Cc1nc(-c2ccc(Br)cc2)nc(N(CCO)CCO)c1C. The topological polar surface area (TPSA) is 69.5 Å². The number of aromatic nitrogens is 2. The number of hydrogen-bond donors (Lipinski definition) is 2. The van der Waals surface area contributed by atoms with E-state index in [0.717, 1.165) is 27.1 Å². The first kappa shape index (κ1) is 16.9. The maximum Gasteiger partial charge on any atom is 0.161 e. The van der Waals surface area contributed by atoms with Gasteiger partial charge < -0.3 is 15.1 Å². The second-order valence-electron chi connectivity index (χ2n) is 5.02. The van der Waals surface area contributed by atoms with E-state index in [0.29, 0.717) is 18.9 Å². The van der Waals surface area contributed by atoms with Crippen LogP contribution in [0.5, 0.6) is 0 Å². The first-order valence-electron chi connectivity index (χ1n) is 7.14. The number of halogens is 1. The Labute approximate surface area is 138 Å². The van der Waals surface area contributed by atoms with Crippen molar-refractivity contribution in [3.8, 4) is 11.4 Å². The lowest BCUT2D eigenvalue weighted by atomic mass is 10.1. The van der Waals surface area contributed by atoms with Crippen molar-refractivity contribution in [3.05, 3.63) is 40.0 Å². The summed E-state index contributed by atoms with van der Waals surface area (Å²) in [5, 5.41) is 18.5. The van der Waals surface area contributed by atoms with E-state index in [9.17, 15) is 10.2 Å². The van der Waals surface area contributed by atoms with Gasteiger partial charge in [-0.25, -0.2) is 9.97 Å². The zero-order chi connectivity index (χ0) is 16.1. The minimum atomic E-state index is 0.0100. The highest BCUT2D eigenvalue weighted by Gasteiger charge is 2.15. The Hall–Kier alpha value is -1.50. The summed E-state index contributed by atoms with van der Waals surface area (Å²) in [6, 6.07) is 7.82. The number of rotatable bonds is 6. The molecule has 22 heavy (non-hydrogen) atoms. The van der Waals surface area contributed by atoms with Gasteiger partial charge in [0.15, 0.2) is 5.82 Å². The van der Waals surface area contributed by atoms with Gasteiger partial charge in [0.1, 0.15) is 5.82 Å². The molecule has 0 radical (unpaired) electrons. The molecule has 0 aliphatic heterocycles. The molecule has 0 fully saturated rings. The molecule has 0 aliphatic carbocycles. The lowest BCUT2D eigenvalue weighted by molar-refractivity contribution is 0.280. The van der Waals surface area contributed by atoms with Crippen LogP contribution in [0.2, 0.25) is 0 Å². The van der Waals surface area contributed by atoms with E-state index in [2.05, 4.69) is 25.9 Å². The zero-order valence-corrected chi connectivity index (χ0v) is 14.3. The van der Waals surface area contributed by atoms with Crippen molar-refractivity contribution in [3.63, 3.8) is 0 Å². The number of benzene rings is 1. The van der Waals surface area contributed by atoms with E-state index in [1.165, 1.54) is 0 Å². The second kappa shape index (κ2) is 7.67. The lowest BCUT2D eigenvalue weighted by Crippen LogP contribution is -2.31. The monoisotopic (exact) mass is 365 g/mol. The number of anilines is 1. The molecule has 6 heteroatoms. The fraction of sp³-hybridized carbons (Fsp3) is 0.375. The van der Waals surface area contributed by atoms with Crippen LogP contribution in [0.15, 0.2) is 28.7 Å². The van der Waals surface area contributed by atoms with Crippen molar-refractivity contribution in [2.75, 3.05) is 31.2 Å². The van der Waals surface area contributed by atoms with E-state index in [1.807, 2.05) is 43.0 Å². The van der Waals surface area contributed by atoms with Gasteiger partial charge in [0, 0.05) is 34.4 Å². The summed E-state index contributed by atoms with van der Waals surface area (Å²) in [6.45, 7) is 4.78. The standard InChI is InChI=1S/C16H20BrN3O2/c1-11-12(2)18-15(13-3-5-14(17)6-4-13)19-16(11)20(7-9-21)8-10-22/h3-6,21-22H,7-10H2,1-2H3. The van der Waals surface area contributed by atoms with Crippen LogP contribution in [0, 0.1) is 13.8 Å². The second-order valence-corrected chi connectivity index (χ2v) is 5.94. The summed E-state index contributed by atoms with van der Waals surface area (Å²) in [7, 11) is 0. The lowest BCUT2D eigenvalue weighted by Gasteiger charge is -2.24. The molecule has 2 aromatic rings. The van der Waals surface area contributed by atoms with Crippen LogP contribution in [0.1, 0.15) is 11.3 Å². The molecule has 1 aromatic heterocycles. The molecule has 0 unspecified atom stereocenters. The highest BCUT2D eigenvalue weighted by atomic mass is 79.9. The summed E-state index contributed by atoms with van der Waals surface area (Å²) in [6.07, 6.45) is 0. The predicted molar refractivity (Wildman–Crippen MR) is 91.0 cm³/mol. The fourth-order valence-electron chi connectivity index (χ4n) is 2.21. The molecule has 0 aliphatic rings. The van der Waals surface area contributed by atoms with Gasteiger partial charge in [-0.05, 0) is 26.0 Å². The molecule has 0 bridgehead atoms. The summed E-state index contributed by atoms with van der Waals surface area (Å²) < 4.78 is 1.00. The van der Waals surface area contributed by atoms with Crippen molar-refractivity contribution in [2.24, 2.45) is 0 Å². The first-order chi connectivity index (χ1) is 10.6. The predicted octanol–water partition coefficient (Wildman–Crippen LogP) is 2.31. The van der Waals surface area contributed by atoms with Crippen molar-refractivity contribution < 1.29 is 10.2 Å². The van der Waals surface area contributed by atoms with Gasteiger partial charge in [-0.15, -0.1) is 0 Å². The average molecular weight is 366 g/mol. The Balaban J connectivity index is 2.47. The van der Waals surface area contributed by atoms with Crippen molar-refractivity contribution in [2.45, 2.75) is 13.8 Å². The summed E-state index contributed by atoms with van der Waals surface area (Å²) in [5.74, 6) is 1.40. The van der Waals surface area contributed by atoms with Gasteiger partial charge in [-0.2, -0.15) is 0 Å². The smallest absolute Gasteiger partial charge is 0.161 e. The minimum Gasteiger partial charge on any atom is -0.395 e. The minimum absolute atomic E-state index is 0.0100. The largest absolute Gasteiger partial charge is 0.395 e. The third-order valence-corrected chi connectivity index (χ3v) is 4.03. The zero-order valence-electron chi connectivity index (χ0n) is 12.8. The Kier molecular flexibility index (Phi) is 5.88. The van der Waals surface area contributed by atoms with Crippen LogP contribution in [-0.4, -0.2) is 46.5 Å². The fourth-order valence-corrected chi connectivity index (χ4v) is 2.48. The van der Waals surface area contributed by atoms with Crippen molar-refractivity contribution in [1.29, 1.82) is 0 Å². The van der Waals surface area contributed by atoms with Gasteiger partial charge in [-0.3, -0.25) is 0 Å². The molecule has 2 N–H and O–H groups in total. The Morgan fingerprint density at radius 3 is 2.14 bits per heavy atom. The van der Waals surface area contributed by atoms with E-state index >= 15 is 0 Å². The third kappa shape index (κ3) is 3.82. The molecule has 118 valence electrons. The molecule has 1 heterocycles. The molecule has 2 rings (SSSR count). The summed E-state index contributed by atoms with van der Waals surface area (Å²) in [5.41, 5.74) is 2.78. The molecular formula is C16H20BrN3O2. The molecule has 0 amide bonds. The normalized spacial score (nSPS) is 10.8. The van der Waals surface area contributed by atoms with Crippen LogP contribution in [0.3, 0.4) is 0 Å². The molecule has 0 atom stereocenters. The Bertz CT molecular complexity index is 626. The molecule has 0 saturated heterocycles. The van der Waals surface area contributed by atoms with Gasteiger partial charge in [0.25, 0.3) is 0 Å². The van der Waals surface area contributed by atoms with Crippen LogP contribution < -0.4 is 4.90 Å². The Morgan fingerprint density at radius 1 is 1.00 bits per heavy atom. The van der Waals surface area contributed by atoms with E-state index in [-0.39, 0.29) is 13.2 Å². The van der Waals surface area contributed by atoms with Crippen LogP contribution in [-0.2, 0) is 0 Å². The van der Waals surface area contributed by atoms with E-state index in [4.69, 9.17) is 0 Å². The van der Waals surface area contributed by atoms with Gasteiger partial charge in [-0.1, -0.05) is 28.1 Å². The molecule has 1 aromatic carbocycles. The maximum absolute atomic E-state index is 9.23. The highest BCUT2D eigenvalue weighted by Crippen LogP contribution is 2.25. The maximum atomic E-state index is 9.23. The van der Waals surface area contributed by atoms with Crippen LogP contribution >= 0.6 is 15.9 Å². The van der Waals surface area contributed by atoms with Crippen LogP contribution in [0.4, 0.5) is 5.82 Å². The molecule has 0 spiro atoms. The molecular weight excluding hydrogens is 346 g/mol. The van der Waals surface area contributed by atoms with Gasteiger partial charge in [0.2, 0.25) is 0 Å². The van der Waals surface area contributed by atoms with Crippen molar-refractivity contribution >= 4 is 21.7 Å². The Morgan fingerprint density at radius 2 is 1.59 bits per heavy atom. The number of aliphatic hydroxyl groups is 2. The van der Waals surface area contributed by atoms with Crippen LogP contribution in [0.25, 0.3) is 11.4 Å². The van der Waals surface area contributed by atoms with Gasteiger partial charge >= 0.3 is 0 Å². The number of aliphatic hydroxyl groups excluding tert-OH is 2. The van der Waals surface area contributed by atoms with Crippen molar-refractivity contribution in [1.82, 2.24) is 9.97 Å². The molecule has 5 nitrogen and oxygen atoms in total. The van der Waals surface area contributed by atoms with E-state index in [1.54, 1.807) is 0 Å². The van der Waals surface area contributed by atoms with Gasteiger partial charge in [0.05, 0.1) is 13.2 Å². The first-order valence-corrected chi connectivity index (χ1v) is 7.94. The van der Waals surface area contributed by atoms with E-state index < -0.39 is 0 Å². The molecule has 0 saturated carbocycles. The third-order valence-electron chi connectivity index (χ3n) is 3.51. The average Bonchev–Trinajstić information content (AvgIpc) is 2.50. The highest BCUT2D eigenvalue weighted by molar-refractivity contribution is 9.10. The summed E-state index contributed by atoms with van der Waals surface area (Å²) >= 11 is 3.42.